The number of nitrogens with one attached hydrogen (secondary N) is 1. The molecule has 6 heteroatoms. The molecule has 0 radical (unpaired) electrons. The molecule has 0 aliphatic carbocycles. The minimum atomic E-state index is -1.14. The third kappa shape index (κ3) is 4.97. The first kappa shape index (κ1) is 18.8. The van der Waals surface area contributed by atoms with Crippen LogP contribution in [-0.2, 0) is 4.79 Å². The second-order valence-corrected chi connectivity index (χ2v) is 6.12. The number of carboxylic acid groups (broad SMARTS) is 1. The van der Waals surface area contributed by atoms with Gasteiger partial charge in [-0.15, -0.1) is 0 Å². The van der Waals surface area contributed by atoms with Crippen molar-refractivity contribution in [2.75, 3.05) is 11.9 Å². The van der Waals surface area contributed by atoms with Crippen LogP contribution in [0.5, 0.6) is 5.75 Å². The topological polar surface area (TPSA) is 75.6 Å². The van der Waals surface area contributed by atoms with Crippen LogP contribution in [0.15, 0.2) is 42.5 Å². The first-order chi connectivity index (χ1) is 11.9. The van der Waals surface area contributed by atoms with Crippen molar-refractivity contribution in [3.8, 4) is 5.75 Å². The molecule has 2 rings (SSSR count). The van der Waals surface area contributed by atoms with E-state index in [0.29, 0.717) is 16.7 Å². The highest BCUT2D eigenvalue weighted by Crippen LogP contribution is 2.28. The minimum Gasteiger partial charge on any atom is -0.483 e. The van der Waals surface area contributed by atoms with Gasteiger partial charge in [0.05, 0.1) is 11.3 Å². The molecule has 0 aliphatic rings. The molecule has 2 aromatic rings. The molecule has 0 spiro atoms. The van der Waals surface area contributed by atoms with Gasteiger partial charge < -0.3 is 15.2 Å². The molecule has 0 bridgehead atoms. The van der Waals surface area contributed by atoms with E-state index in [1.165, 1.54) is 18.2 Å². The average molecular weight is 362 g/mol. The van der Waals surface area contributed by atoms with Crippen molar-refractivity contribution in [2.45, 2.75) is 26.2 Å². The Morgan fingerprint density at radius 3 is 2.64 bits per heavy atom. The van der Waals surface area contributed by atoms with Crippen molar-refractivity contribution < 1.29 is 19.4 Å². The fraction of sp³-hybridized carbons (Fsp3) is 0.263. The molecular formula is C19H20ClNO4. The second kappa shape index (κ2) is 8.53. The van der Waals surface area contributed by atoms with Gasteiger partial charge in [-0.25, -0.2) is 4.79 Å². The van der Waals surface area contributed by atoms with Gasteiger partial charge in [0.15, 0.2) is 6.61 Å². The van der Waals surface area contributed by atoms with E-state index >= 15 is 0 Å². The van der Waals surface area contributed by atoms with Gasteiger partial charge in [-0.1, -0.05) is 43.6 Å². The number of hydrogen-bond acceptors (Lipinski definition) is 3. The third-order valence-corrected chi connectivity index (χ3v) is 4.14. The monoisotopic (exact) mass is 361 g/mol. The molecule has 2 aromatic carbocycles. The van der Waals surface area contributed by atoms with Gasteiger partial charge >= 0.3 is 5.97 Å². The summed E-state index contributed by atoms with van der Waals surface area (Å²) in [6, 6.07) is 11.8. The number of benzene rings is 2. The van der Waals surface area contributed by atoms with E-state index in [0.717, 1.165) is 12.0 Å². The average Bonchev–Trinajstić information content (AvgIpc) is 2.59. The summed E-state index contributed by atoms with van der Waals surface area (Å²) in [5, 5.41) is 12.0. The van der Waals surface area contributed by atoms with Crippen molar-refractivity contribution in [1.29, 1.82) is 0 Å². The summed E-state index contributed by atoms with van der Waals surface area (Å²) in [5.41, 5.74) is 1.15. The lowest BCUT2D eigenvalue weighted by atomic mass is 9.98. The molecule has 0 saturated carbocycles. The Hall–Kier alpha value is -2.53. The Kier molecular flexibility index (Phi) is 6.42. The zero-order valence-electron chi connectivity index (χ0n) is 14.1. The highest BCUT2D eigenvalue weighted by Gasteiger charge is 2.15. The number of aromatic carboxylic acids is 1. The summed E-state index contributed by atoms with van der Waals surface area (Å²) < 4.78 is 5.63. The standard InChI is InChI=1S/C19H20ClNO4/c1-3-12(2)14-6-4-5-7-17(14)25-11-18(22)21-16-10-13(20)8-9-15(16)19(23)24/h4-10,12H,3,11H2,1-2H3,(H,21,22)(H,23,24)/t12-/m1/s1. The van der Waals surface area contributed by atoms with Gasteiger partial charge in [0.25, 0.3) is 5.91 Å². The van der Waals surface area contributed by atoms with E-state index in [-0.39, 0.29) is 17.9 Å². The van der Waals surface area contributed by atoms with Gasteiger partial charge in [0.1, 0.15) is 5.75 Å². The molecule has 5 nitrogen and oxygen atoms in total. The van der Waals surface area contributed by atoms with Crippen LogP contribution in [0.2, 0.25) is 5.02 Å². The lowest BCUT2D eigenvalue weighted by Crippen LogP contribution is -2.22. The first-order valence-electron chi connectivity index (χ1n) is 7.96. The summed E-state index contributed by atoms with van der Waals surface area (Å²) in [7, 11) is 0. The van der Waals surface area contributed by atoms with Crippen LogP contribution in [0.1, 0.15) is 42.1 Å². The summed E-state index contributed by atoms with van der Waals surface area (Å²) in [6.07, 6.45) is 0.955. The van der Waals surface area contributed by atoms with Gasteiger partial charge in [-0.05, 0) is 42.2 Å². The Bertz CT molecular complexity index is 776. The first-order valence-corrected chi connectivity index (χ1v) is 8.34. The largest absolute Gasteiger partial charge is 0.483 e. The Morgan fingerprint density at radius 1 is 1.24 bits per heavy atom. The van der Waals surface area contributed by atoms with E-state index < -0.39 is 11.9 Å². The minimum absolute atomic E-state index is 0.0299. The predicted octanol–water partition coefficient (Wildman–Crippen LogP) is 4.57. The van der Waals surface area contributed by atoms with Crippen LogP contribution in [-0.4, -0.2) is 23.6 Å². The van der Waals surface area contributed by atoms with E-state index in [9.17, 15) is 14.7 Å². The van der Waals surface area contributed by atoms with E-state index in [2.05, 4.69) is 19.2 Å². The zero-order valence-corrected chi connectivity index (χ0v) is 14.8. The molecule has 132 valence electrons. The van der Waals surface area contributed by atoms with Gasteiger partial charge in [0, 0.05) is 5.02 Å². The molecule has 1 amide bonds. The molecule has 0 saturated heterocycles. The van der Waals surface area contributed by atoms with Gasteiger partial charge in [-0.3, -0.25) is 4.79 Å². The van der Waals surface area contributed by atoms with Crippen molar-refractivity contribution >= 4 is 29.2 Å². The van der Waals surface area contributed by atoms with Crippen LogP contribution in [0.3, 0.4) is 0 Å². The van der Waals surface area contributed by atoms with Crippen LogP contribution in [0, 0.1) is 0 Å². The molecule has 0 aliphatic heterocycles. The number of rotatable bonds is 7. The number of anilines is 1. The second-order valence-electron chi connectivity index (χ2n) is 5.68. The lowest BCUT2D eigenvalue weighted by molar-refractivity contribution is -0.118. The molecule has 0 heterocycles. The number of hydrogen-bond donors (Lipinski definition) is 2. The lowest BCUT2D eigenvalue weighted by Gasteiger charge is -2.16. The SMILES string of the molecule is CC[C@@H](C)c1ccccc1OCC(=O)Nc1cc(Cl)ccc1C(=O)O. The van der Waals surface area contributed by atoms with Crippen molar-refractivity contribution in [3.05, 3.63) is 58.6 Å². The maximum atomic E-state index is 12.2. The quantitative estimate of drug-likeness (QED) is 0.757. The highest BCUT2D eigenvalue weighted by atomic mass is 35.5. The molecule has 2 N–H and O–H groups in total. The summed E-state index contributed by atoms with van der Waals surface area (Å²) in [4.78, 5) is 23.4. The van der Waals surface area contributed by atoms with E-state index in [1.807, 2.05) is 24.3 Å². The highest BCUT2D eigenvalue weighted by molar-refractivity contribution is 6.31. The Balaban J connectivity index is 2.08. The maximum absolute atomic E-state index is 12.2. The number of ether oxygens (including phenoxy) is 1. The fourth-order valence-corrected chi connectivity index (χ4v) is 2.55. The summed E-state index contributed by atoms with van der Waals surface area (Å²) in [6.45, 7) is 3.95. The maximum Gasteiger partial charge on any atom is 0.337 e. The number of halogens is 1. The van der Waals surface area contributed by atoms with Crippen molar-refractivity contribution in [2.24, 2.45) is 0 Å². The van der Waals surface area contributed by atoms with Crippen LogP contribution >= 0.6 is 11.6 Å². The van der Waals surface area contributed by atoms with Gasteiger partial charge in [-0.2, -0.15) is 0 Å². The smallest absolute Gasteiger partial charge is 0.337 e. The summed E-state index contributed by atoms with van der Waals surface area (Å²) in [5.74, 6) is -0.638. The number of carbonyl (C=O) groups is 2. The number of carboxylic acids is 1. The van der Waals surface area contributed by atoms with E-state index in [1.54, 1.807) is 0 Å². The van der Waals surface area contributed by atoms with Crippen molar-refractivity contribution in [3.63, 3.8) is 0 Å². The molecule has 0 unspecified atom stereocenters. The molecule has 25 heavy (non-hydrogen) atoms. The van der Waals surface area contributed by atoms with E-state index in [4.69, 9.17) is 16.3 Å². The zero-order chi connectivity index (χ0) is 18.4. The molecule has 0 fully saturated rings. The summed E-state index contributed by atoms with van der Waals surface area (Å²) >= 11 is 5.87. The molecule has 0 aromatic heterocycles. The fourth-order valence-electron chi connectivity index (χ4n) is 2.37. The van der Waals surface area contributed by atoms with Crippen LogP contribution in [0.4, 0.5) is 5.69 Å². The number of carbonyl (C=O) groups excluding carboxylic acids is 1. The Morgan fingerprint density at radius 2 is 1.96 bits per heavy atom. The normalized spacial score (nSPS) is 11.6. The number of para-hydroxylation sites is 1. The molecular weight excluding hydrogens is 342 g/mol. The van der Waals surface area contributed by atoms with Crippen LogP contribution < -0.4 is 10.1 Å². The Labute approximate surface area is 151 Å². The third-order valence-electron chi connectivity index (χ3n) is 3.91. The number of amides is 1. The van der Waals surface area contributed by atoms with Gasteiger partial charge in [0.2, 0.25) is 0 Å². The predicted molar refractivity (Wildman–Crippen MR) is 97.7 cm³/mol. The molecule has 1 atom stereocenters. The van der Waals surface area contributed by atoms with Crippen LogP contribution in [0.25, 0.3) is 0 Å². The van der Waals surface area contributed by atoms with Crippen molar-refractivity contribution in [1.82, 2.24) is 0 Å².